The quantitative estimate of drug-likeness (QED) is 0.819. The molecule has 2 heterocycles. The van der Waals surface area contributed by atoms with Gasteiger partial charge in [-0.3, -0.25) is 9.59 Å². The van der Waals surface area contributed by atoms with Crippen molar-refractivity contribution in [2.75, 3.05) is 26.2 Å². The molecule has 0 bridgehead atoms. The van der Waals surface area contributed by atoms with E-state index in [1.807, 2.05) is 0 Å². The minimum atomic E-state index is -0.217. The van der Waals surface area contributed by atoms with Crippen LogP contribution in [0.5, 0.6) is 0 Å². The average molecular weight is 330 g/mol. The number of piperidine rings is 1. The second-order valence-corrected chi connectivity index (χ2v) is 7.14. The summed E-state index contributed by atoms with van der Waals surface area (Å²) in [5.74, 6) is 1.05. The summed E-state index contributed by atoms with van der Waals surface area (Å²) in [4.78, 5) is 26.2. The third kappa shape index (κ3) is 3.25. The normalized spacial score (nSPS) is 32.2. The number of likely N-dealkylation sites (tertiary alicyclic amines) is 1. The fourth-order valence-corrected chi connectivity index (χ4v) is 4.61. The van der Waals surface area contributed by atoms with E-state index in [1.165, 1.54) is 19.3 Å². The Morgan fingerprint density at radius 2 is 1.91 bits per heavy atom. The van der Waals surface area contributed by atoms with Gasteiger partial charge in [-0.05, 0) is 44.1 Å². The van der Waals surface area contributed by atoms with Crippen molar-refractivity contribution < 1.29 is 9.59 Å². The van der Waals surface area contributed by atoms with E-state index in [1.54, 1.807) is 0 Å². The molecule has 1 saturated carbocycles. The Morgan fingerprint density at radius 3 is 2.59 bits per heavy atom. The minimum absolute atomic E-state index is 0. The van der Waals surface area contributed by atoms with Crippen molar-refractivity contribution in [2.24, 2.45) is 23.0 Å². The largest absolute Gasteiger partial charge is 0.370 e. The molecule has 3 N–H and O–H groups in total. The Balaban J connectivity index is 0.00000176. The number of amides is 2. The van der Waals surface area contributed by atoms with Gasteiger partial charge >= 0.3 is 0 Å². The molecule has 2 amide bonds. The molecule has 6 heteroatoms. The molecule has 3 rings (SSSR count). The second kappa shape index (κ2) is 7.18. The van der Waals surface area contributed by atoms with Gasteiger partial charge < -0.3 is 16.0 Å². The molecule has 0 unspecified atom stereocenters. The summed E-state index contributed by atoms with van der Waals surface area (Å²) in [6, 6.07) is 0. The molecule has 0 aromatic heterocycles. The van der Waals surface area contributed by atoms with Gasteiger partial charge in [-0.15, -0.1) is 12.4 Å². The van der Waals surface area contributed by atoms with E-state index in [0.717, 1.165) is 45.4 Å². The molecule has 1 aliphatic carbocycles. The number of primary amides is 1. The lowest BCUT2D eigenvalue weighted by molar-refractivity contribution is -0.146. The van der Waals surface area contributed by atoms with Crippen LogP contribution in [0, 0.1) is 17.3 Å². The third-order valence-electron chi connectivity index (χ3n) is 5.86. The van der Waals surface area contributed by atoms with Crippen LogP contribution in [0.25, 0.3) is 0 Å². The standard InChI is InChI=1S/C16H27N3O2.ClH/c17-14(20)9-12-4-7-19(8-5-12)15(21)16-6-2-1-3-13(16)10-18-11-16;/h12-13,18H,1-11H2,(H2,17,20);1H/t13-,16+;/m0./s1. The number of carbonyl (C=O) groups excluding carboxylic acids is 2. The van der Waals surface area contributed by atoms with Crippen LogP contribution in [-0.4, -0.2) is 42.9 Å². The van der Waals surface area contributed by atoms with Crippen molar-refractivity contribution in [3.05, 3.63) is 0 Å². The highest BCUT2D eigenvalue weighted by Crippen LogP contribution is 2.45. The first-order valence-electron chi connectivity index (χ1n) is 8.40. The van der Waals surface area contributed by atoms with Crippen molar-refractivity contribution in [1.82, 2.24) is 10.2 Å². The zero-order chi connectivity index (χ0) is 14.9. The molecule has 0 aromatic carbocycles. The smallest absolute Gasteiger partial charge is 0.230 e. The van der Waals surface area contributed by atoms with Gasteiger partial charge in [-0.2, -0.15) is 0 Å². The first-order chi connectivity index (χ1) is 10.1. The van der Waals surface area contributed by atoms with Crippen molar-refractivity contribution in [3.8, 4) is 0 Å². The number of fused-ring (bicyclic) bond motifs is 1. The van der Waals surface area contributed by atoms with Crippen LogP contribution in [0.15, 0.2) is 0 Å². The molecule has 22 heavy (non-hydrogen) atoms. The zero-order valence-electron chi connectivity index (χ0n) is 13.2. The van der Waals surface area contributed by atoms with Crippen LogP contribution in [0.1, 0.15) is 44.9 Å². The maximum Gasteiger partial charge on any atom is 0.230 e. The second-order valence-electron chi connectivity index (χ2n) is 7.14. The lowest BCUT2D eigenvalue weighted by atomic mass is 9.67. The predicted molar refractivity (Wildman–Crippen MR) is 87.6 cm³/mol. The molecule has 5 nitrogen and oxygen atoms in total. The average Bonchev–Trinajstić information content (AvgIpc) is 2.91. The fourth-order valence-electron chi connectivity index (χ4n) is 4.61. The summed E-state index contributed by atoms with van der Waals surface area (Å²) in [5, 5.41) is 3.45. The molecule has 0 radical (unpaired) electrons. The summed E-state index contributed by atoms with van der Waals surface area (Å²) in [6.07, 6.45) is 6.99. The third-order valence-corrected chi connectivity index (χ3v) is 5.86. The summed E-state index contributed by atoms with van der Waals surface area (Å²) in [5.41, 5.74) is 5.15. The highest BCUT2D eigenvalue weighted by atomic mass is 35.5. The van der Waals surface area contributed by atoms with E-state index >= 15 is 0 Å². The zero-order valence-corrected chi connectivity index (χ0v) is 14.0. The van der Waals surface area contributed by atoms with Crippen molar-refractivity contribution in [3.63, 3.8) is 0 Å². The number of hydrogen-bond acceptors (Lipinski definition) is 3. The molecule has 3 aliphatic rings. The van der Waals surface area contributed by atoms with Gasteiger partial charge in [0.25, 0.3) is 0 Å². The monoisotopic (exact) mass is 329 g/mol. The van der Waals surface area contributed by atoms with Gasteiger partial charge in [0, 0.05) is 26.1 Å². The maximum atomic E-state index is 13.1. The molecule has 126 valence electrons. The SMILES string of the molecule is Cl.NC(=O)CC1CCN(C(=O)[C@@]23CCCC[C@H]2CNC3)CC1. The molecule has 3 fully saturated rings. The number of hydrogen-bond donors (Lipinski definition) is 2. The number of nitrogens with two attached hydrogens (primary N) is 1. The van der Waals surface area contributed by atoms with Gasteiger partial charge in [0.05, 0.1) is 5.41 Å². The van der Waals surface area contributed by atoms with E-state index in [9.17, 15) is 9.59 Å². The van der Waals surface area contributed by atoms with E-state index in [-0.39, 0.29) is 23.7 Å². The number of rotatable bonds is 3. The minimum Gasteiger partial charge on any atom is -0.370 e. The topological polar surface area (TPSA) is 75.4 Å². The summed E-state index contributed by atoms with van der Waals surface area (Å²) >= 11 is 0. The lowest BCUT2D eigenvalue weighted by Gasteiger charge is -2.43. The molecule has 2 aliphatic heterocycles. The van der Waals surface area contributed by atoms with Gasteiger partial charge in [0.1, 0.15) is 0 Å². The highest BCUT2D eigenvalue weighted by molar-refractivity contribution is 5.85. The number of nitrogens with one attached hydrogen (secondary N) is 1. The molecular formula is C16H28ClN3O2. The molecule has 0 spiro atoms. The van der Waals surface area contributed by atoms with Crippen LogP contribution in [-0.2, 0) is 9.59 Å². The fraction of sp³-hybridized carbons (Fsp3) is 0.875. The van der Waals surface area contributed by atoms with Crippen LogP contribution in [0.4, 0.5) is 0 Å². The van der Waals surface area contributed by atoms with Gasteiger partial charge in [0.2, 0.25) is 11.8 Å². The van der Waals surface area contributed by atoms with Gasteiger partial charge in [-0.1, -0.05) is 12.8 Å². The summed E-state index contributed by atoms with van der Waals surface area (Å²) < 4.78 is 0. The van der Waals surface area contributed by atoms with Crippen LogP contribution in [0.3, 0.4) is 0 Å². The lowest BCUT2D eigenvalue weighted by Crippen LogP contribution is -2.52. The van der Waals surface area contributed by atoms with Crippen LogP contribution < -0.4 is 11.1 Å². The van der Waals surface area contributed by atoms with Gasteiger partial charge in [-0.25, -0.2) is 0 Å². The highest BCUT2D eigenvalue weighted by Gasteiger charge is 2.51. The number of carbonyl (C=O) groups is 2. The van der Waals surface area contributed by atoms with E-state index in [4.69, 9.17) is 5.73 Å². The van der Waals surface area contributed by atoms with E-state index in [2.05, 4.69) is 10.2 Å². The van der Waals surface area contributed by atoms with E-state index in [0.29, 0.717) is 24.2 Å². The Morgan fingerprint density at radius 1 is 1.18 bits per heavy atom. The Labute approximate surface area is 138 Å². The van der Waals surface area contributed by atoms with Gasteiger partial charge in [0.15, 0.2) is 0 Å². The molecule has 2 atom stereocenters. The van der Waals surface area contributed by atoms with Crippen molar-refractivity contribution in [2.45, 2.75) is 44.9 Å². The summed E-state index contributed by atoms with van der Waals surface area (Å²) in [7, 11) is 0. The van der Waals surface area contributed by atoms with E-state index < -0.39 is 0 Å². The maximum absolute atomic E-state index is 13.1. The first-order valence-corrected chi connectivity index (χ1v) is 8.40. The number of nitrogens with zero attached hydrogens (tertiary/aromatic N) is 1. The first kappa shape index (κ1) is 17.5. The Hall–Kier alpha value is -0.810. The van der Waals surface area contributed by atoms with Crippen molar-refractivity contribution in [1.29, 1.82) is 0 Å². The van der Waals surface area contributed by atoms with Crippen LogP contribution in [0.2, 0.25) is 0 Å². The number of halogens is 1. The van der Waals surface area contributed by atoms with Crippen LogP contribution >= 0.6 is 12.4 Å². The predicted octanol–water partition coefficient (Wildman–Crippen LogP) is 1.30. The molecule has 0 aromatic rings. The van der Waals surface area contributed by atoms with Crippen molar-refractivity contribution >= 4 is 24.2 Å². The molecule has 2 saturated heterocycles. The molecular weight excluding hydrogens is 302 g/mol. The Kier molecular flexibility index (Phi) is 5.72. The summed E-state index contributed by atoms with van der Waals surface area (Å²) in [6.45, 7) is 3.46. The Bertz CT molecular complexity index is 424.